The highest BCUT2D eigenvalue weighted by molar-refractivity contribution is 5.73. The van der Waals surface area contributed by atoms with Gasteiger partial charge in [0.25, 0.3) is 0 Å². The number of amides is 1. The Morgan fingerprint density at radius 2 is 1.81 bits per heavy atom. The van der Waals surface area contributed by atoms with Gasteiger partial charge in [0.05, 0.1) is 0 Å². The Hall–Kier alpha value is -2.34. The Kier molecular flexibility index (Phi) is 5.93. The van der Waals surface area contributed by atoms with Crippen molar-refractivity contribution >= 4 is 11.9 Å². The van der Waals surface area contributed by atoms with Crippen LogP contribution in [-0.4, -0.2) is 52.6 Å². The molecule has 6 heteroatoms. The quantitative estimate of drug-likeness (QED) is 0.859. The van der Waals surface area contributed by atoms with Gasteiger partial charge in [-0.15, -0.1) is 0 Å². The van der Waals surface area contributed by atoms with Crippen LogP contribution in [0.1, 0.15) is 25.0 Å². The van der Waals surface area contributed by atoms with Crippen molar-refractivity contribution in [2.24, 2.45) is 7.05 Å². The molecule has 1 aromatic heterocycles. The molecule has 26 heavy (non-hydrogen) atoms. The Balaban J connectivity index is 1.48. The Bertz CT molecular complexity index is 716. The van der Waals surface area contributed by atoms with Gasteiger partial charge in [0, 0.05) is 65.1 Å². The van der Waals surface area contributed by atoms with Crippen LogP contribution in [0.5, 0.6) is 0 Å². The van der Waals surface area contributed by atoms with Crippen LogP contribution in [0, 0.1) is 0 Å². The van der Waals surface area contributed by atoms with Crippen LogP contribution in [0.15, 0.2) is 36.7 Å². The lowest BCUT2D eigenvalue weighted by atomic mass is 10.0. The number of piperazine rings is 1. The monoisotopic (exact) mass is 355 g/mol. The maximum Gasteiger partial charge on any atom is 0.217 e. The van der Waals surface area contributed by atoms with E-state index in [1.54, 1.807) is 6.92 Å². The zero-order valence-corrected chi connectivity index (χ0v) is 16.0. The first-order valence-electron chi connectivity index (χ1n) is 9.31. The fraction of sp³-hybridized carbons (Fsp3) is 0.500. The second-order valence-electron chi connectivity index (χ2n) is 7.22. The third-order valence-corrected chi connectivity index (χ3v) is 4.87. The average Bonchev–Trinajstić information content (AvgIpc) is 3.03. The molecule has 0 aliphatic carbocycles. The highest BCUT2D eigenvalue weighted by atomic mass is 16.1. The third kappa shape index (κ3) is 4.85. The van der Waals surface area contributed by atoms with E-state index in [9.17, 15) is 4.79 Å². The Morgan fingerprint density at radius 3 is 2.38 bits per heavy atom. The summed E-state index contributed by atoms with van der Waals surface area (Å²) < 4.78 is 2.08. The molecule has 0 radical (unpaired) electrons. The summed E-state index contributed by atoms with van der Waals surface area (Å²) in [7, 11) is 2.04. The van der Waals surface area contributed by atoms with E-state index in [2.05, 4.69) is 48.9 Å². The van der Waals surface area contributed by atoms with Gasteiger partial charge in [-0.05, 0) is 24.5 Å². The van der Waals surface area contributed by atoms with Crippen molar-refractivity contribution in [2.45, 2.75) is 32.9 Å². The maximum atomic E-state index is 11.1. The van der Waals surface area contributed by atoms with Crippen molar-refractivity contribution in [3.8, 4) is 0 Å². The summed E-state index contributed by atoms with van der Waals surface area (Å²) in [5, 5.41) is 2.93. The molecule has 3 rings (SSSR count). The number of nitrogens with one attached hydrogen (secondary N) is 1. The molecular weight excluding hydrogens is 326 g/mol. The number of carbonyl (C=O) groups is 1. The van der Waals surface area contributed by atoms with Gasteiger partial charge in [0.1, 0.15) is 0 Å². The van der Waals surface area contributed by atoms with Gasteiger partial charge in [-0.1, -0.05) is 24.3 Å². The summed E-state index contributed by atoms with van der Waals surface area (Å²) in [4.78, 5) is 20.4. The fourth-order valence-corrected chi connectivity index (χ4v) is 3.56. The van der Waals surface area contributed by atoms with Crippen LogP contribution in [-0.2, 0) is 24.8 Å². The molecule has 1 unspecified atom stereocenters. The van der Waals surface area contributed by atoms with E-state index in [4.69, 9.17) is 0 Å². The second-order valence-corrected chi connectivity index (χ2v) is 7.22. The summed E-state index contributed by atoms with van der Waals surface area (Å²) >= 11 is 0. The molecule has 1 aliphatic rings. The minimum absolute atomic E-state index is 0.0267. The number of imidazole rings is 1. The predicted octanol–water partition coefficient (Wildman–Crippen LogP) is 1.81. The van der Waals surface area contributed by atoms with Crippen molar-refractivity contribution in [3.63, 3.8) is 0 Å². The van der Waals surface area contributed by atoms with E-state index >= 15 is 0 Å². The van der Waals surface area contributed by atoms with Gasteiger partial charge < -0.3 is 14.8 Å². The number of hydrogen-bond acceptors (Lipinski definition) is 4. The highest BCUT2D eigenvalue weighted by Gasteiger charge is 2.19. The lowest BCUT2D eigenvalue weighted by Gasteiger charge is -2.35. The Morgan fingerprint density at radius 1 is 1.15 bits per heavy atom. The average molecular weight is 355 g/mol. The molecule has 1 amide bonds. The molecule has 2 aromatic rings. The van der Waals surface area contributed by atoms with Crippen molar-refractivity contribution in [3.05, 3.63) is 47.8 Å². The number of hydrogen-bond donors (Lipinski definition) is 1. The van der Waals surface area contributed by atoms with Crippen LogP contribution in [0.25, 0.3) is 0 Å². The van der Waals surface area contributed by atoms with Gasteiger partial charge in [0.15, 0.2) is 0 Å². The SMILES string of the molecule is CC(=O)NC(C)Cc1ccc(CN2CCN(c3nccn3C)CC2)cc1. The topological polar surface area (TPSA) is 53.4 Å². The molecule has 1 aromatic carbocycles. The first-order chi connectivity index (χ1) is 12.5. The van der Waals surface area contributed by atoms with Gasteiger partial charge in [-0.25, -0.2) is 4.98 Å². The van der Waals surface area contributed by atoms with Crippen LogP contribution in [0.2, 0.25) is 0 Å². The molecule has 6 nitrogen and oxygen atoms in total. The molecule has 0 saturated carbocycles. The van der Waals surface area contributed by atoms with E-state index in [1.807, 2.05) is 26.4 Å². The molecule has 1 saturated heterocycles. The summed E-state index contributed by atoms with van der Waals surface area (Å²) in [5.41, 5.74) is 2.60. The molecule has 1 atom stereocenters. The van der Waals surface area contributed by atoms with Crippen molar-refractivity contribution < 1.29 is 4.79 Å². The largest absolute Gasteiger partial charge is 0.354 e. The van der Waals surface area contributed by atoms with Gasteiger partial charge >= 0.3 is 0 Å². The van der Waals surface area contributed by atoms with Gasteiger partial charge in [0.2, 0.25) is 11.9 Å². The standard InChI is InChI=1S/C20H29N5O/c1-16(22-17(2)26)14-18-4-6-19(7-5-18)15-24-10-12-25(13-11-24)20-21-8-9-23(20)3/h4-9,16H,10-15H2,1-3H3,(H,22,26). The minimum Gasteiger partial charge on any atom is -0.354 e. The van der Waals surface area contributed by atoms with E-state index < -0.39 is 0 Å². The lowest BCUT2D eigenvalue weighted by Crippen LogP contribution is -2.46. The third-order valence-electron chi connectivity index (χ3n) is 4.87. The summed E-state index contributed by atoms with van der Waals surface area (Å²) in [6.07, 6.45) is 4.72. The molecule has 140 valence electrons. The normalized spacial score (nSPS) is 16.5. The number of anilines is 1. The molecular formula is C20H29N5O. The molecule has 1 N–H and O–H groups in total. The number of aryl methyl sites for hydroxylation is 1. The van der Waals surface area contributed by atoms with Crippen molar-refractivity contribution in [1.82, 2.24) is 19.8 Å². The summed E-state index contributed by atoms with van der Waals surface area (Å²) in [6.45, 7) is 8.70. The minimum atomic E-state index is 0.0267. The number of rotatable bonds is 6. The number of carbonyl (C=O) groups excluding carboxylic acids is 1. The molecule has 0 spiro atoms. The summed E-state index contributed by atoms with van der Waals surface area (Å²) in [6, 6.07) is 8.94. The zero-order valence-electron chi connectivity index (χ0n) is 16.0. The number of aromatic nitrogens is 2. The summed E-state index contributed by atoms with van der Waals surface area (Å²) in [5.74, 6) is 1.08. The molecule has 1 fully saturated rings. The van der Waals surface area contributed by atoms with E-state index in [-0.39, 0.29) is 11.9 Å². The highest BCUT2D eigenvalue weighted by Crippen LogP contribution is 2.15. The van der Waals surface area contributed by atoms with Crippen LogP contribution in [0.3, 0.4) is 0 Å². The number of nitrogens with zero attached hydrogens (tertiary/aromatic N) is 4. The van der Waals surface area contributed by atoms with Crippen molar-refractivity contribution in [2.75, 3.05) is 31.1 Å². The van der Waals surface area contributed by atoms with Crippen molar-refractivity contribution in [1.29, 1.82) is 0 Å². The first kappa shape index (κ1) is 18.5. The van der Waals surface area contributed by atoms with E-state index in [0.717, 1.165) is 45.1 Å². The van der Waals surface area contributed by atoms with Crippen LogP contribution >= 0.6 is 0 Å². The second kappa shape index (κ2) is 8.36. The predicted molar refractivity (Wildman–Crippen MR) is 104 cm³/mol. The smallest absolute Gasteiger partial charge is 0.217 e. The van der Waals surface area contributed by atoms with Crippen LogP contribution in [0.4, 0.5) is 5.95 Å². The van der Waals surface area contributed by atoms with Gasteiger partial charge in [-0.2, -0.15) is 0 Å². The van der Waals surface area contributed by atoms with E-state index in [1.165, 1.54) is 11.1 Å². The number of benzene rings is 1. The van der Waals surface area contributed by atoms with Crippen LogP contribution < -0.4 is 10.2 Å². The maximum absolute atomic E-state index is 11.1. The fourth-order valence-electron chi connectivity index (χ4n) is 3.56. The lowest BCUT2D eigenvalue weighted by molar-refractivity contribution is -0.119. The Labute approximate surface area is 155 Å². The molecule has 1 aliphatic heterocycles. The first-order valence-corrected chi connectivity index (χ1v) is 9.31. The molecule has 2 heterocycles. The van der Waals surface area contributed by atoms with E-state index in [0.29, 0.717) is 0 Å². The zero-order chi connectivity index (χ0) is 18.5. The van der Waals surface area contributed by atoms with Gasteiger partial charge in [-0.3, -0.25) is 9.69 Å². The molecule has 0 bridgehead atoms.